The van der Waals surface area contributed by atoms with Gasteiger partial charge in [0.25, 0.3) is 0 Å². The molecule has 1 rings (SSSR count). The summed E-state index contributed by atoms with van der Waals surface area (Å²) in [6.45, 7) is 8.59. The fraction of sp³-hybridized carbons (Fsp3) is 0.571. The van der Waals surface area contributed by atoms with Crippen LogP contribution < -0.4 is 10.0 Å². The summed E-state index contributed by atoms with van der Waals surface area (Å²) in [5.41, 5.74) is 0.950. The maximum Gasteiger partial charge on any atom is 0.240 e. The highest BCUT2D eigenvalue weighted by Gasteiger charge is 2.17. The fourth-order valence-electron chi connectivity index (χ4n) is 2.07. The third-order valence-corrected chi connectivity index (χ3v) is 4.42. The summed E-state index contributed by atoms with van der Waals surface area (Å²) in [4.78, 5) is 0.299. The van der Waals surface area contributed by atoms with Crippen molar-refractivity contribution in [3.8, 4) is 0 Å². The zero-order chi connectivity index (χ0) is 14.5. The lowest BCUT2D eigenvalue weighted by Gasteiger charge is -2.27. The first-order valence-electron chi connectivity index (χ1n) is 6.68. The molecule has 1 aromatic carbocycles. The van der Waals surface area contributed by atoms with Gasteiger partial charge in [-0.3, -0.25) is 0 Å². The van der Waals surface area contributed by atoms with E-state index in [-0.39, 0.29) is 5.54 Å². The van der Waals surface area contributed by atoms with Gasteiger partial charge in [-0.05, 0) is 44.5 Å². The summed E-state index contributed by atoms with van der Waals surface area (Å²) in [6, 6.07) is 6.87. The van der Waals surface area contributed by atoms with Gasteiger partial charge in [-0.15, -0.1) is 0 Å². The maximum atomic E-state index is 11.8. The lowest BCUT2D eigenvalue weighted by atomic mass is 9.98. The van der Waals surface area contributed by atoms with Crippen molar-refractivity contribution in [2.45, 2.75) is 51.0 Å². The van der Waals surface area contributed by atoms with E-state index in [9.17, 15) is 8.42 Å². The highest BCUT2D eigenvalue weighted by Crippen LogP contribution is 2.21. The first-order valence-corrected chi connectivity index (χ1v) is 8.17. The van der Waals surface area contributed by atoms with Crippen molar-refractivity contribution in [3.63, 3.8) is 0 Å². The van der Waals surface area contributed by atoms with E-state index in [0.29, 0.717) is 11.4 Å². The number of nitrogens with one attached hydrogen (secondary N) is 2. The third-order valence-electron chi connectivity index (χ3n) is 2.86. The molecule has 0 saturated heterocycles. The van der Waals surface area contributed by atoms with E-state index >= 15 is 0 Å². The van der Waals surface area contributed by atoms with Crippen LogP contribution >= 0.6 is 0 Å². The molecule has 1 aromatic rings. The molecular formula is C14H24N2O2S. The lowest BCUT2D eigenvalue weighted by molar-refractivity contribution is 0.511. The summed E-state index contributed by atoms with van der Waals surface area (Å²) >= 11 is 0. The summed E-state index contributed by atoms with van der Waals surface area (Å²) in [5.74, 6) is 0. The van der Waals surface area contributed by atoms with Gasteiger partial charge in [-0.1, -0.05) is 20.3 Å². The van der Waals surface area contributed by atoms with Crippen molar-refractivity contribution in [2.75, 3.05) is 11.9 Å². The topological polar surface area (TPSA) is 58.2 Å². The number of hydrogen-bond acceptors (Lipinski definition) is 3. The van der Waals surface area contributed by atoms with Gasteiger partial charge >= 0.3 is 0 Å². The van der Waals surface area contributed by atoms with Gasteiger partial charge in [0.1, 0.15) is 0 Å². The van der Waals surface area contributed by atoms with Gasteiger partial charge in [0.2, 0.25) is 10.0 Å². The molecule has 0 aliphatic carbocycles. The highest BCUT2D eigenvalue weighted by molar-refractivity contribution is 7.89. The van der Waals surface area contributed by atoms with Crippen LogP contribution in [0.15, 0.2) is 29.2 Å². The zero-order valence-corrected chi connectivity index (χ0v) is 13.0. The number of anilines is 1. The van der Waals surface area contributed by atoms with E-state index < -0.39 is 10.0 Å². The van der Waals surface area contributed by atoms with Crippen molar-refractivity contribution in [1.29, 1.82) is 0 Å². The Morgan fingerprint density at radius 3 is 2.16 bits per heavy atom. The van der Waals surface area contributed by atoms with Gasteiger partial charge in [-0.2, -0.15) is 0 Å². The molecule has 0 aliphatic rings. The molecule has 0 bridgehead atoms. The Balaban J connectivity index is 2.83. The Bertz CT molecular complexity index is 493. The molecule has 0 aliphatic heterocycles. The minimum absolute atomic E-state index is 0.0107. The molecular weight excluding hydrogens is 260 g/mol. The molecule has 0 heterocycles. The van der Waals surface area contributed by atoms with Crippen molar-refractivity contribution in [1.82, 2.24) is 4.72 Å². The first kappa shape index (κ1) is 16.0. The smallest absolute Gasteiger partial charge is 0.240 e. The van der Waals surface area contributed by atoms with E-state index in [0.717, 1.165) is 18.5 Å². The second-order valence-corrected chi connectivity index (χ2v) is 7.05. The zero-order valence-electron chi connectivity index (χ0n) is 12.2. The van der Waals surface area contributed by atoms with Crippen LogP contribution in [-0.2, 0) is 10.0 Å². The van der Waals surface area contributed by atoms with Crippen LogP contribution in [0.4, 0.5) is 5.69 Å². The molecule has 0 spiro atoms. The summed E-state index contributed by atoms with van der Waals surface area (Å²) in [6.07, 6.45) is 2.16. The van der Waals surface area contributed by atoms with Gasteiger partial charge in [0, 0.05) is 17.8 Å². The normalized spacial score (nSPS) is 12.4. The SMILES string of the molecule is CCCC(C)(C)Nc1ccc(S(=O)(=O)NCC)cc1. The molecule has 5 heteroatoms. The molecule has 19 heavy (non-hydrogen) atoms. The van der Waals surface area contributed by atoms with Crippen molar-refractivity contribution >= 4 is 15.7 Å². The standard InChI is InChI=1S/C14H24N2O2S/c1-5-11-14(3,4)16-12-7-9-13(10-8-12)19(17,18)15-6-2/h7-10,15-16H,5-6,11H2,1-4H3. The summed E-state index contributed by atoms with van der Waals surface area (Å²) < 4.78 is 26.1. The van der Waals surface area contributed by atoms with Gasteiger partial charge in [0.15, 0.2) is 0 Å². The maximum absolute atomic E-state index is 11.8. The first-order chi connectivity index (χ1) is 8.80. The van der Waals surface area contributed by atoms with E-state index in [1.54, 1.807) is 19.1 Å². The molecule has 2 N–H and O–H groups in total. The lowest BCUT2D eigenvalue weighted by Crippen LogP contribution is -2.30. The quantitative estimate of drug-likeness (QED) is 0.809. The molecule has 0 radical (unpaired) electrons. The van der Waals surface area contributed by atoms with E-state index in [1.165, 1.54) is 0 Å². The Kier molecular flexibility index (Phi) is 5.38. The molecule has 0 amide bonds. The van der Waals surface area contributed by atoms with Crippen LogP contribution in [0.2, 0.25) is 0 Å². The average molecular weight is 284 g/mol. The monoisotopic (exact) mass is 284 g/mol. The van der Waals surface area contributed by atoms with Crippen molar-refractivity contribution in [2.24, 2.45) is 0 Å². The number of benzene rings is 1. The molecule has 0 saturated carbocycles. The molecule has 0 atom stereocenters. The van der Waals surface area contributed by atoms with Crippen LogP contribution in [0.25, 0.3) is 0 Å². The van der Waals surface area contributed by atoms with Crippen molar-refractivity contribution < 1.29 is 8.42 Å². The van der Waals surface area contributed by atoms with Crippen LogP contribution in [0.1, 0.15) is 40.5 Å². The predicted octanol–water partition coefficient (Wildman–Crippen LogP) is 2.98. The number of rotatable bonds is 7. The Morgan fingerprint density at radius 2 is 1.68 bits per heavy atom. The fourth-order valence-corrected chi connectivity index (χ4v) is 3.11. The Morgan fingerprint density at radius 1 is 1.11 bits per heavy atom. The molecule has 0 fully saturated rings. The van der Waals surface area contributed by atoms with E-state index in [2.05, 4.69) is 30.8 Å². The Hall–Kier alpha value is -1.07. The summed E-state index contributed by atoms with van der Waals surface area (Å²) in [5, 5.41) is 3.41. The van der Waals surface area contributed by atoms with Crippen LogP contribution in [-0.4, -0.2) is 20.5 Å². The molecule has 0 aromatic heterocycles. The minimum Gasteiger partial charge on any atom is -0.380 e. The summed E-state index contributed by atoms with van der Waals surface area (Å²) in [7, 11) is -3.36. The van der Waals surface area contributed by atoms with Gasteiger partial charge in [0.05, 0.1) is 4.90 Å². The van der Waals surface area contributed by atoms with E-state index in [4.69, 9.17) is 0 Å². The molecule has 4 nitrogen and oxygen atoms in total. The van der Waals surface area contributed by atoms with Gasteiger partial charge in [-0.25, -0.2) is 13.1 Å². The third kappa shape index (κ3) is 4.84. The highest BCUT2D eigenvalue weighted by atomic mass is 32.2. The largest absolute Gasteiger partial charge is 0.380 e. The number of sulfonamides is 1. The van der Waals surface area contributed by atoms with Crippen LogP contribution in [0.5, 0.6) is 0 Å². The molecule has 0 unspecified atom stereocenters. The predicted molar refractivity (Wildman–Crippen MR) is 79.9 cm³/mol. The molecule has 108 valence electrons. The van der Waals surface area contributed by atoms with Crippen molar-refractivity contribution in [3.05, 3.63) is 24.3 Å². The van der Waals surface area contributed by atoms with E-state index in [1.807, 2.05) is 12.1 Å². The van der Waals surface area contributed by atoms with Gasteiger partial charge < -0.3 is 5.32 Å². The minimum atomic E-state index is -3.36. The van der Waals surface area contributed by atoms with Crippen LogP contribution in [0.3, 0.4) is 0 Å². The Labute approximate surface area is 116 Å². The average Bonchev–Trinajstić information content (AvgIpc) is 2.28. The second-order valence-electron chi connectivity index (χ2n) is 5.28. The second kappa shape index (κ2) is 6.39. The van der Waals surface area contributed by atoms with Crippen LogP contribution in [0, 0.1) is 0 Å². The number of hydrogen-bond donors (Lipinski definition) is 2.